The summed E-state index contributed by atoms with van der Waals surface area (Å²) in [6, 6.07) is 96.8. The predicted molar refractivity (Wildman–Crippen MR) is 541 cm³/mol. The van der Waals surface area contributed by atoms with E-state index in [9.17, 15) is 0 Å². The maximum Gasteiger partial charge on any atom is 2.00 e. The van der Waals surface area contributed by atoms with Crippen LogP contribution in [0.4, 0.5) is 0 Å². The zero-order chi connectivity index (χ0) is 86.1. The molecule has 24 bridgehead atoms. The minimum absolute atomic E-state index is 0. The topological polar surface area (TPSA) is 137 Å². The summed E-state index contributed by atoms with van der Waals surface area (Å²) in [7, 11) is 0. The van der Waals surface area contributed by atoms with E-state index in [-0.39, 0.29) is 19.5 Å². The number of aromatic nitrogens is 10. The average Bonchev–Trinajstić information content (AvgIpc) is 1.52. The molecule has 129 heavy (non-hydrogen) atoms. The molecule has 8 aromatic carbocycles. The largest absolute Gasteiger partial charge is 2.00 e. The molecule has 6 aliphatic rings. The summed E-state index contributed by atoms with van der Waals surface area (Å²) in [6.07, 6.45) is 26.1. The molecular weight excluding hydrogens is 1660 g/mol. The summed E-state index contributed by atoms with van der Waals surface area (Å²) in [5.41, 5.74) is 44.5. The van der Waals surface area contributed by atoms with Gasteiger partial charge in [0.1, 0.15) is 0 Å². The van der Waals surface area contributed by atoms with Gasteiger partial charge in [0.15, 0.2) is 0 Å². The Balaban J connectivity index is 0.00000978. The molecule has 0 saturated heterocycles. The van der Waals surface area contributed by atoms with Gasteiger partial charge in [0.25, 0.3) is 0 Å². The number of aromatic amines is 2. The monoisotopic (exact) mass is 1740 g/mol. The standard InChI is InChI=1S/C116H82N10S2.Zn/c1-65-9-25-73(26-10-65)105-81-41-43-83(117-81)107(75-29-13-67(3)14-30-75)91-51-59-99(125-91)115(103-63-61-101(127-103)111(93-53-45-85(105)119-93)79-37-21-71(7)22-38-79)113-95-55-47-87(121-95)109(77-33-17-69(5)18-34-77)89-49-57-97(123-89)114(98-58-50-90(124-98)110(88-48-56-96(113)122-88)78-35-19-70(6)20-36-78)116-100-60-52-92(126-100)108(76-31-15-68(4)16-32-76)84-44-42-82(118-84)106(74-27-11-66(2)12-28-74)86-46-54-94(120-86)112(102-62-64-104(116)128-102)80-39-23-72(8)24-40-80;/h9-64,117-118H,1-8H3;/q-2;+2. The molecule has 6 aliphatic heterocycles. The van der Waals surface area contributed by atoms with Crippen LogP contribution < -0.4 is 9.97 Å². The van der Waals surface area contributed by atoms with Gasteiger partial charge < -0.3 is 19.9 Å². The quantitative estimate of drug-likeness (QED) is 0.129. The van der Waals surface area contributed by atoms with Gasteiger partial charge in [-0.05, 0) is 244 Å². The average molecular weight is 1750 g/mol. The molecule has 9 aromatic heterocycles. The molecule has 0 aliphatic carbocycles. The summed E-state index contributed by atoms with van der Waals surface area (Å²) in [6.45, 7) is 17.1. The number of nitrogens with zero attached hydrogens (tertiary/aromatic N) is 8. The number of rotatable bonds is 10. The Hall–Kier alpha value is -15.0. The molecule has 10 nitrogen and oxygen atoms in total. The zero-order valence-corrected chi connectivity index (χ0v) is 77.0. The second-order valence-electron chi connectivity index (χ2n) is 34.1. The number of hydrogen-bond acceptors (Lipinski definition) is 8. The van der Waals surface area contributed by atoms with Crippen LogP contribution in [0, 0.1) is 55.4 Å². The van der Waals surface area contributed by atoms with Gasteiger partial charge in [0.05, 0.1) is 68.3 Å². The maximum atomic E-state index is 6.01. The van der Waals surface area contributed by atoms with Gasteiger partial charge in [0, 0.05) is 85.4 Å². The van der Waals surface area contributed by atoms with Gasteiger partial charge in [-0.1, -0.05) is 263 Å². The van der Waals surface area contributed by atoms with Crippen molar-refractivity contribution in [3.05, 3.63) is 380 Å². The molecule has 0 radical (unpaired) electrons. The summed E-state index contributed by atoms with van der Waals surface area (Å²) in [5, 5.41) is 0. The molecule has 0 spiro atoms. The summed E-state index contributed by atoms with van der Waals surface area (Å²) in [4.78, 5) is 55.3. The number of thiophene rings is 2. The molecule has 610 valence electrons. The molecule has 0 amide bonds. The Morgan fingerprint density at radius 3 is 0.558 bits per heavy atom. The number of aryl methyl sites for hydroxylation is 8. The number of H-pyrrole nitrogens is 2. The second-order valence-corrected chi connectivity index (χ2v) is 36.2. The van der Waals surface area contributed by atoms with Crippen LogP contribution in [0.5, 0.6) is 0 Å². The molecule has 0 atom stereocenters. The fourth-order valence-electron chi connectivity index (χ4n) is 18.5. The SMILES string of the molecule is Cc1ccc(-c2c3nc(c(-c4c5nc(c(-c6ccc(C)cc6)c6ccc([nH]6)c(-c6ccc(C)cc6)c6nc(c(-c7ccc(C)cc7)c7ccc4s7)C=C6)C=C5)c4ccc([n-]4)c(-c4ccc(C)cc4)c4nc(c(-c5c6nc(c(-c7ccc(C)cc7)c7ccc([nH]7)c(-c7ccc(C)cc7)c7nc(c(-c8ccc(C)cc8)c8ccc5s8)C=C7)C=C6)c5ccc2[n-]5)C=C4)C=C3)cc1.[Zn+2]. The van der Waals surface area contributed by atoms with Crippen LogP contribution in [0.2, 0.25) is 0 Å². The Labute approximate surface area is 768 Å². The van der Waals surface area contributed by atoms with Crippen LogP contribution in [0.1, 0.15) is 113 Å². The van der Waals surface area contributed by atoms with E-state index in [0.717, 1.165) is 242 Å². The first-order chi connectivity index (χ1) is 62.6. The molecule has 17 aromatic rings. The Morgan fingerprint density at radius 2 is 0.333 bits per heavy atom. The third kappa shape index (κ3) is 14.6. The molecular formula is C116H82N10S2Zn. The Kier molecular flexibility index (Phi) is 20.1. The van der Waals surface area contributed by atoms with E-state index in [2.05, 4.69) is 405 Å². The van der Waals surface area contributed by atoms with Crippen molar-refractivity contribution < 1.29 is 19.5 Å². The minimum atomic E-state index is 0. The smallest absolute Gasteiger partial charge is 0.657 e. The molecule has 2 N–H and O–H groups in total. The number of hydrogen-bond donors (Lipinski definition) is 2. The van der Waals surface area contributed by atoms with Crippen molar-refractivity contribution in [3.8, 4) is 111 Å². The van der Waals surface area contributed by atoms with E-state index in [1.54, 1.807) is 22.7 Å². The van der Waals surface area contributed by atoms with Gasteiger partial charge in [-0.15, -0.1) is 44.7 Å². The first kappa shape index (κ1) is 79.9. The van der Waals surface area contributed by atoms with E-state index in [0.29, 0.717) is 22.4 Å². The molecule has 0 saturated carbocycles. The summed E-state index contributed by atoms with van der Waals surface area (Å²) >= 11 is 3.45. The Morgan fingerprint density at radius 1 is 0.171 bits per heavy atom. The van der Waals surface area contributed by atoms with Crippen molar-refractivity contribution in [2.75, 3.05) is 0 Å². The molecule has 0 fully saturated rings. The van der Waals surface area contributed by atoms with Gasteiger partial charge >= 0.3 is 19.5 Å². The van der Waals surface area contributed by atoms with E-state index in [1.807, 2.05) is 0 Å². The van der Waals surface area contributed by atoms with Gasteiger partial charge in [0.2, 0.25) is 0 Å². The fraction of sp³-hybridized carbons (Fsp3) is 0.0690. The van der Waals surface area contributed by atoms with E-state index in [1.165, 1.54) is 22.3 Å². The fourth-order valence-corrected chi connectivity index (χ4v) is 20.7. The maximum absolute atomic E-state index is 6.01. The van der Waals surface area contributed by atoms with Gasteiger partial charge in [-0.2, -0.15) is 0 Å². The Bertz CT molecular complexity index is 7730. The van der Waals surface area contributed by atoms with E-state index >= 15 is 0 Å². The number of fused-ring (bicyclic) bond motifs is 24. The van der Waals surface area contributed by atoms with E-state index < -0.39 is 0 Å². The van der Waals surface area contributed by atoms with Crippen molar-refractivity contribution in [1.82, 2.24) is 49.8 Å². The van der Waals surface area contributed by atoms with Crippen molar-refractivity contribution in [2.24, 2.45) is 0 Å². The summed E-state index contributed by atoms with van der Waals surface area (Å²) in [5.74, 6) is 0. The molecule has 0 unspecified atom stereocenters. The predicted octanol–water partition coefficient (Wildman–Crippen LogP) is 30.5. The molecule has 23 rings (SSSR count). The van der Waals surface area contributed by atoms with E-state index in [4.69, 9.17) is 39.9 Å². The minimum Gasteiger partial charge on any atom is -0.657 e. The third-order valence-electron chi connectivity index (χ3n) is 25.1. The first-order valence-electron chi connectivity index (χ1n) is 43.4. The van der Waals surface area contributed by atoms with Gasteiger partial charge in [-0.3, -0.25) is 0 Å². The van der Waals surface area contributed by atoms with Crippen LogP contribution >= 0.6 is 22.7 Å². The van der Waals surface area contributed by atoms with Crippen molar-refractivity contribution >= 4 is 159 Å². The van der Waals surface area contributed by atoms with Crippen molar-refractivity contribution in [1.29, 1.82) is 0 Å². The number of nitrogens with one attached hydrogen (secondary N) is 2. The van der Waals surface area contributed by atoms with Crippen molar-refractivity contribution in [3.63, 3.8) is 0 Å². The molecule has 15 heterocycles. The van der Waals surface area contributed by atoms with Gasteiger partial charge in [-0.25, -0.2) is 29.9 Å². The van der Waals surface area contributed by atoms with Crippen LogP contribution in [0.3, 0.4) is 0 Å². The third-order valence-corrected chi connectivity index (χ3v) is 27.3. The molecule has 13 heteroatoms. The van der Waals surface area contributed by atoms with Crippen LogP contribution in [0.25, 0.3) is 247 Å². The van der Waals surface area contributed by atoms with Crippen LogP contribution in [-0.2, 0) is 19.5 Å². The van der Waals surface area contributed by atoms with Crippen LogP contribution in [0.15, 0.2) is 267 Å². The zero-order valence-electron chi connectivity index (χ0n) is 72.4. The van der Waals surface area contributed by atoms with Crippen LogP contribution in [-0.4, -0.2) is 39.9 Å². The van der Waals surface area contributed by atoms with Crippen molar-refractivity contribution in [2.45, 2.75) is 55.4 Å². The second kappa shape index (κ2) is 32.5. The normalized spacial score (nSPS) is 12.4. The summed E-state index contributed by atoms with van der Waals surface area (Å²) < 4.78 is 4.01. The number of benzene rings is 8. The first-order valence-corrected chi connectivity index (χ1v) is 45.0.